The lowest BCUT2D eigenvalue weighted by atomic mass is 10.0. The molecule has 82 valence electrons. The van der Waals surface area contributed by atoms with Gasteiger partial charge in [-0.15, -0.1) is 0 Å². The fraction of sp³-hybridized carbons (Fsp3) is 1.00. The number of aliphatic hydroxyl groups excluding tert-OH is 1. The van der Waals surface area contributed by atoms with Gasteiger partial charge in [0.15, 0.2) is 0 Å². The van der Waals surface area contributed by atoms with E-state index in [9.17, 15) is 0 Å². The summed E-state index contributed by atoms with van der Waals surface area (Å²) in [6, 6.07) is 0. The predicted molar refractivity (Wildman–Crippen MR) is 54.0 cm³/mol. The van der Waals surface area contributed by atoms with Gasteiger partial charge >= 0.3 is 0 Å². The van der Waals surface area contributed by atoms with Crippen molar-refractivity contribution in [1.82, 2.24) is 10.2 Å². The van der Waals surface area contributed by atoms with Gasteiger partial charge in [-0.2, -0.15) is 0 Å². The van der Waals surface area contributed by atoms with Gasteiger partial charge in [0, 0.05) is 33.0 Å². The standard InChI is InChI=1S/C10H20N2O2/c13-10-6-12(7-10)8-11-5-9-1-3-14-4-2-9/h9-11,13H,1-8H2. The Morgan fingerprint density at radius 2 is 2.00 bits per heavy atom. The van der Waals surface area contributed by atoms with Gasteiger partial charge in [-0.3, -0.25) is 4.90 Å². The molecule has 2 fully saturated rings. The van der Waals surface area contributed by atoms with Gasteiger partial charge in [-0.1, -0.05) is 0 Å². The number of ether oxygens (including phenoxy) is 1. The van der Waals surface area contributed by atoms with E-state index in [1.807, 2.05) is 0 Å². The van der Waals surface area contributed by atoms with Crippen LogP contribution in [0.1, 0.15) is 12.8 Å². The van der Waals surface area contributed by atoms with Crippen LogP contribution in [-0.4, -0.2) is 55.6 Å². The molecule has 14 heavy (non-hydrogen) atoms. The van der Waals surface area contributed by atoms with Crippen molar-refractivity contribution < 1.29 is 9.84 Å². The fourth-order valence-corrected chi connectivity index (χ4v) is 2.05. The summed E-state index contributed by atoms with van der Waals surface area (Å²) in [5, 5.41) is 12.5. The maximum absolute atomic E-state index is 9.08. The first-order valence-corrected chi connectivity index (χ1v) is 5.53. The van der Waals surface area contributed by atoms with Crippen LogP contribution in [0.3, 0.4) is 0 Å². The monoisotopic (exact) mass is 200 g/mol. The zero-order valence-corrected chi connectivity index (χ0v) is 8.61. The van der Waals surface area contributed by atoms with Crippen LogP contribution in [-0.2, 0) is 4.74 Å². The molecule has 2 aliphatic heterocycles. The molecule has 0 aromatic carbocycles. The first-order chi connectivity index (χ1) is 6.84. The lowest BCUT2D eigenvalue weighted by Crippen LogP contribution is -2.54. The molecule has 0 atom stereocenters. The number of likely N-dealkylation sites (tertiary alicyclic amines) is 1. The normalized spacial score (nSPS) is 26.4. The minimum atomic E-state index is -0.0834. The highest BCUT2D eigenvalue weighted by Gasteiger charge is 2.23. The van der Waals surface area contributed by atoms with Crippen LogP contribution < -0.4 is 5.32 Å². The van der Waals surface area contributed by atoms with Crippen molar-refractivity contribution in [2.75, 3.05) is 39.5 Å². The number of hydrogen-bond donors (Lipinski definition) is 2. The largest absolute Gasteiger partial charge is 0.390 e. The maximum Gasteiger partial charge on any atom is 0.0794 e. The van der Waals surface area contributed by atoms with Crippen LogP contribution in [0, 0.1) is 5.92 Å². The average molecular weight is 200 g/mol. The number of nitrogens with one attached hydrogen (secondary N) is 1. The first kappa shape index (κ1) is 10.4. The molecule has 0 saturated carbocycles. The van der Waals surface area contributed by atoms with Gasteiger partial charge in [0.05, 0.1) is 6.10 Å². The molecular formula is C10H20N2O2. The third-order valence-corrected chi connectivity index (χ3v) is 3.05. The Balaban J connectivity index is 1.50. The molecule has 2 saturated heterocycles. The van der Waals surface area contributed by atoms with E-state index in [1.54, 1.807) is 0 Å². The topological polar surface area (TPSA) is 44.7 Å². The second kappa shape index (κ2) is 5.07. The van der Waals surface area contributed by atoms with Gasteiger partial charge in [0.1, 0.15) is 0 Å². The van der Waals surface area contributed by atoms with Gasteiger partial charge < -0.3 is 15.2 Å². The first-order valence-electron chi connectivity index (χ1n) is 5.53. The Morgan fingerprint density at radius 1 is 1.29 bits per heavy atom. The summed E-state index contributed by atoms with van der Waals surface area (Å²) >= 11 is 0. The number of hydrogen-bond acceptors (Lipinski definition) is 4. The van der Waals surface area contributed by atoms with Crippen LogP contribution in [0.2, 0.25) is 0 Å². The van der Waals surface area contributed by atoms with E-state index in [4.69, 9.17) is 9.84 Å². The van der Waals surface area contributed by atoms with Crippen molar-refractivity contribution in [1.29, 1.82) is 0 Å². The van der Waals surface area contributed by atoms with Crippen molar-refractivity contribution in [3.63, 3.8) is 0 Å². The second-order valence-corrected chi connectivity index (χ2v) is 4.36. The number of nitrogens with zero attached hydrogens (tertiary/aromatic N) is 1. The predicted octanol–water partition coefficient (Wildman–Crippen LogP) is -0.363. The molecule has 0 radical (unpaired) electrons. The second-order valence-electron chi connectivity index (χ2n) is 4.36. The Morgan fingerprint density at radius 3 is 2.64 bits per heavy atom. The third-order valence-electron chi connectivity index (χ3n) is 3.05. The Labute approximate surface area is 85.2 Å². The van der Waals surface area contributed by atoms with Crippen molar-refractivity contribution in [3.8, 4) is 0 Å². The molecule has 2 aliphatic rings. The maximum atomic E-state index is 9.08. The smallest absolute Gasteiger partial charge is 0.0794 e. The van der Waals surface area contributed by atoms with Crippen molar-refractivity contribution in [2.24, 2.45) is 5.92 Å². The SMILES string of the molecule is OC1CN(CNCC2CCOCC2)C1. The fourth-order valence-electron chi connectivity index (χ4n) is 2.05. The van der Waals surface area contributed by atoms with Gasteiger partial charge in [-0.05, 0) is 25.3 Å². The molecule has 0 amide bonds. The molecular weight excluding hydrogens is 180 g/mol. The number of β-amino-alcohol motifs (C(OH)–C–C–N with tert-alkyl or cyclic N) is 1. The summed E-state index contributed by atoms with van der Waals surface area (Å²) in [6.07, 6.45) is 2.30. The van der Waals surface area contributed by atoms with E-state index < -0.39 is 0 Å². The molecule has 0 spiro atoms. The van der Waals surface area contributed by atoms with Crippen LogP contribution in [0.4, 0.5) is 0 Å². The summed E-state index contributed by atoms with van der Waals surface area (Å²) in [5.41, 5.74) is 0. The minimum Gasteiger partial charge on any atom is -0.390 e. The quantitative estimate of drug-likeness (QED) is 0.650. The lowest BCUT2D eigenvalue weighted by Gasteiger charge is -2.36. The molecule has 0 unspecified atom stereocenters. The molecule has 0 aromatic rings. The number of aliphatic hydroxyl groups is 1. The van der Waals surface area contributed by atoms with Crippen molar-refractivity contribution >= 4 is 0 Å². The highest BCUT2D eigenvalue weighted by Crippen LogP contribution is 2.13. The molecule has 0 aliphatic carbocycles. The molecule has 2 rings (SSSR count). The van der Waals surface area contributed by atoms with Crippen LogP contribution in [0.15, 0.2) is 0 Å². The van der Waals surface area contributed by atoms with Crippen molar-refractivity contribution in [3.05, 3.63) is 0 Å². The van der Waals surface area contributed by atoms with E-state index >= 15 is 0 Å². The Kier molecular flexibility index (Phi) is 3.75. The van der Waals surface area contributed by atoms with E-state index in [2.05, 4.69) is 10.2 Å². The van der Waals surface area contributed by atoms with Crippen LogP contribution >= 0.6 is 0 Å². The lowest BCUT2D eigenvalue weighted by molar-refractivity contribution is -0.00429. The highest BCUT2D eigenvalue weighted by molar-refractivity contribution is 4.78. The third kappa shape index (κ3) is 2.92. The van der Waals surface area contributed by atoms with Crippen LogP contribution in [0.5, 0.6) is 0 Å². The zero-order valence-electron chi connectivity index (χ0n) is 8.61. The van der Waals surface area contributed by atoms with E-state index in [0.717, 1.165) is 45.4 Å². The highest BCUT2D eigenvalue weighted by atomic mass is 16.5. The Hall–Kier alpha value is -0.160. The molecule has 2 N–H and O–H groups in total. The van der Waals surface area contributed by atoms with Gasteiger partial charge in [0.25, 0.3) is 0 Å². The Bertz CT molecular complexity index is 166. The van der Waals surface area contributed by atoms with Crippen molar-refractivity contribution in [2.45, 2.75) is 18.9 Å². The van der Waals surface area contributed by atoms with Gasteiger partial charge in [-0.25, -0.2) is 0 Å². The van der Waals surface area contributed by atoms with E-state index in [1.165, 1.54) is 12.8 Å². The van der Waals surface area contributed by atoms with E-state index in [0.29, 0.717) is 0 Å². The summed E-state index contributed by atoms with van der Waals surface area (Å²) in [6.45, 7) is 5.54. The molecule has 4 nitrogen and oxygen atoms in total. The molecule has 0 bridgehead atoms. The molecule has 0 aromatic heterocycles. The van der Waals surface area contributed by atoms with Crippen LogP contribution in [0.25, 0.3) is 0 Å². The molecule has 4 heteroatoms. The summed E-state index contributed by atoms with van der Waals surface area (Å²) < 4.78 is 5.30. The van der Waals surface area contributed by atoms with Gasteiger partial charge in [0.2, 0.25) is 0 Å². The molecule has 2 heterocycles. The number of rotatable bonds is 4. The average Bonchev–Trinajstić information content (AvgIpc) is 2.17. The summed E-state index contributed by atoms with van der Waals surface area (Å²) in [7, 11) is 0. The zero-order chi connectivity index (χ0) is 9.80. The summed E-state index contributed by atoms with van der Waals surface area (Å²) in [4.78, 5) is 2.23. The summed E-state index contributed by atoms with van der Waals surface area (Å²) in [5.74, 6) is 0.787. The minimum absolute atomic E-state index is 0.0834. The van der Waals surface area contributed by atoms with E-state index in [-0.39, 0.29) is 6.10 Å².